The molecular weight excluding hydrogens is 250 g/mol. The number of halogens is 2. The topological polar surface area (TPSA) is 41.1 Å². The van der Waals surface area contributed by atoms with Gasteiger partial charge in [-0.15, -0.1) is 0 Å². The molecule has 1 aromatic carbocycles. The first kappa shape index (κ1) is 15.6. The molecule has 0 spiro atoms. The normalized spacial score (nSPS) is 11.4. The molecule has 1 amide bonds. The first-order chi connectivity index (χ1) is 8.84. The van der Waals surface area contributed by atoms with Gasteiger partial charge < -0.3 is 10.6 Å². The van der Waals surface area contributed by atoms with Crippen LogP contribution in [0.1, 0.15) is 32.8 Å². The zero-order valence-electron chi connectivity index (χ0n) is 11.5. The Bertz CT molecular complexity index is 447. The molecule has 2 N–H and O–H groups in total. The van der Waals surface area contributed by atoms with Crippen LogP contribution in [0.3, 0.4) is 0 Å². The van der Waals surface area contributed by atoms with Crippen LogP contribution < -0.4 is 10.6 Å². The largest absolute Gasteiger partial charge is 0.350 e. The monoisotopic (exact) mass is 270 g/mol. The third-order valence-corrected chi connectivity index (χ3v) is 2.96. The fourth-order valence-corrected chi connectivity index (χ4v) is 1.48. The van der Waals surface area contributed by atoms with E-state index < -0.39 is 11.6 Å². The molecule has 0 saturated heterocycles. The summed E-state index contributed by atoms with van der Waals surface area (Å²) in [5.41, 5.74) is 0.363. The molecule has 1 rings (SSSR count). The van der Waals surface area contributed by atoms with E-state index in [1.165, 1.54) is 6.07 Å². The van der Waals surface area contributed by atoms with E-state index >= 15 is 0 Å². The number of benzene rings is 1. The van der Waals surface area contributed by atoms with Crippen LogP contribution in [-0.2, 0) is 11.3 Å². The van der Waals surface area contributed by atoms with Crippen molar-refractivity contribution in [3.63, 3.8) is 0 Å². The fourth-order valence-electron chi connectivity index (χ4n) is 1.48. The molecule has 0 fully saturated rings. The molecule has 106 valence electrons. The number of hydrogen-bond donors (Lipinski definition) is 2. The summed E-state index contributed by atoms with van der Waals surface area (Å²) in [5.74, 6) is -1.86. The van der Waals surface area contributed by atoms with E-state index in [4.69, 9.17) is 0 Å². The van der Waals surface area contributed by atoms with Crippen LogP contribution in [0, 0.1) is 11.6 Å². The van der Waals surface area contributed by atoms with E-state index in [0.717, 1.165) is 18.6 Å². The SMILES string of the molecule is CCC(C)(C)NC(=O)CNCc1ccc(F)c(F)c1. The maximum absolute atomic E-state index is 13.0. The molecule has 0 aliphatic carbocycles. The Morgan fingerprint density at radius 1 is 1.26 bits per heavy atom. The molecule has 0 aliphatic rings. The third kappa shape index (κ3) is 5.34. The van der Waals surface area contributed by atoms with Gasteiger partial charge in [-0.3, -0.25) is 4.79 Å². The molecule has 0 aliphatic heterocycles. The Hall–Kier alpha value is -1.49. The molecule has 0 saturated carbocycles. The average Bonchev–Trinajstić information content (AvgIpc) is 2.33. The Labute approximate surface area is 112 Å². The molecule has 0 aromatic heterocycles. The van der Waals surface area contributed by atoms with Crippen LogP contribution in [0.15, 0.2) is 18.2 Å². The summed E-state index contributed by atoms with van der Waals surface area (Å²) >= 11 is 0. The zero-order chi connectivity index (χ0) is 14.5. The first-order valence-corrected chi connectivity index (χ1v) is 6.29. The second-order valence-electron chi connectivity index (χ2n) is 5.14. The molecule has 3 nitrogen and oxygen atoms in total. The maximum atomic E-state index is 13.0. The zero-order valence-corrected chi connectivity index (χ0v) is 11.5. The van der Waals surface area contributed by atoms with E-state index in [2.05, 4.69) is 10.6 Å². The van der Waals surface area contributed by atoms with Gasteiger partial charge in [-0.1, -0.05) is 13.0 Å². The van der Waals surface area contributed by atoms with Crippen molar-refractivity contribution in [1.29, 1.82) is 0 Å². The van der Waals surface area contributed by atoms with E-state index in [1.54, 1.807) is 0 Å². The average molecular weight is 270 g/mol. The van der Waals surface area contributed by atoms with E-state index in [9.17, 15) is 13.6 Å². The van der Waals surface area contributed by atoms with Crippen molar-refractivity contribution >= 4 is 5.91 Å². The van der Waals surface area contributed by atoms with Gasteiger partial charge in [-0.05, 0) is 38.0 Å². The van der Waals surface area contributed by atoms with Crippen LogP contribution in [0.4, 0.5) is 8.78 Å². The lowest BCUT2D eigenvalue weighted by molar-refractivity contribution is -0.121. The molecule has 0 radical (unpaired) electrons. The highest BCUT2D eigenvalue weighted by Crippen LogP contribution is 2.08. The second-order valence-corrected chi connectivity index (χ2v) is 5.14. The highest BCUT2D eigenvalue weighted by Gasteiger charge is 2.17. The lowest BCUT2D eigenvalue weighted by atomic mass is 10.0. The predicted octanol–water partition coefficient (Wildman–Crippen LogP) is 2.36. The predicted molar refractivity (Wildman–Crippen MR) is 70.6 cm³/mol. The highest BCUT2D eigenvalue weighted by atomic mass is 19.2. The van der Waals surface area contributed by atoms with E-state index in [1.807, 2.05) is 20.8 Å². The minimum absolute atomic E-state index is 0.116. The Morgan fingerprint density at radius 2 is 1.95 bits per heavy atom. The summed E-state index contributed by atoms with van der Waals surface area (Å²) in [5, 5.41) is 5.77. The second kappa shape index (κ2) is 6.61. The number of carbonyl (C=O) groups excluding carboxylic acids is 1. The van der Waals surface area contributed by atoms with Crippen LogP contribution in [0.5, 0.6) is 0 Å². The summed E-state index contributed by atoms with van der Waals surface area (Å²) in [6, 6.07) is 3.68. The third-order valence-electron chi connectivity index (χ3n) is 2.96. The van der Waals surface area contributed by atoms with Gasteiger partial charge in [-0.25, -0.2) is 8.78 Å². The van der Waals surface area contributed by atoms with Crippen LogP contribution in [0.25, 0.3) is 0 Å². The Morgan fingerprint density at radius 3 is 2.53 bits per heavy atom. The molecule has 0 heterocycles. The summed E-state index contributed by atoms with van der Waals surface area (Å²) in [6.07, 6.45) is 0.835. The van der Waals surface area contributed by atoms with Crippen molar-refractivity contribution in [2.24, 2.45) is 0 Å². The van der Waals surface area contributed by atoms with Gasteiger partial charge in [0, 0.05) is 12.1 Å². The molecule has 0 atom stereocenters. The summed E-state index contributed by atoms with van der Waals surface area (Å²) in [7, 11) is 0. The number of amides is 1. The minimum atomic E-state index is -0.879. The van der Waals surface area contributed by atoms with Gasteiger partial charge in [-0.2, -0.15) is 0 Å². The number of carbonyl (C=O) groups is 1. The minimum Gasteiger partial charge on any atom is -0.350 e. The van der Waals surface area contributed by atoms with Crippen molar-refractivity contribution in [1.82, 2.24) is 10.6 Å². The van der Waals surface area contributed by atoms with Crippen LogP contribution in [0.2, 0.25) is 0 Å². The smallest absolute Gasteiger partial charge is 0.234 e. The number of rotatable bonds is 6. The van der Waals surface area contributed by atoms with Crippen molar-refractivity contribution in [3.8, 4) is 0 Å². The molecular formula is C14H20F2N2O. The molecule has 1 aromatic rings. The van der Waals surface area contributed by atoms with Gasteiger partial charge in [0.25, 0.3) is 0 Å². The fraction of sp³-hybridized carbons (Fsp3) is 0.500. The Kier molecular flexibility index (Phi) is 5.42. The highest BCUT2D eigenvalue weighted by molar-refractivity contribution is 5.78. The number of hydrogen-bond acceptors (Lipinski definition) is 2. The maximum Gasteiger partial charge on any atom is 0.234 e. The lowest BCUT2D eigenvalue weighted by Gasteiger charge is -2.24. The summed E-state index contributed by atoms with van der Waals surface area (Å²) in [6.45, 7) is 6.34. The van der Waals surface area contributed by atoms with Gasteiger partial charge in [0.15, 0.2) is 11.6 Å². The Balaban J connectivity index is 2.38. The van der Waals surface area contributed by atoms with E-state index in [0.29, 0.717) is 12.1 Å². The molecule has 5 heteroatoms. The van der Waals surface area contributed by atoms with Crippen LogP contribution >= 0.6 is 0 Å². The van der Waals surface area contributed by atoms with Crippen molar-refractivity contribution in [2.45, 2.75) is 39.3 Å². The summed E-state index contributed by atoms with van der Waals surface area (Å²) in [4.78, 5) is 11.6. The summed E-state index contributed by atoms with van der Waals surface area (Å²) < 4.78 is 25.7. The molecule has 19 heavy (non-hydrogen) atoms. The van der Waals surface area contributed by atoms with Crippen LogP contribution in [-0.4, -0.2) is 18.0 Å². The molecule has 0 bridgehead atoms. The first-order valence-electron chi connectivity index (χ1n) is 6.29. The van der Waals surface area contributed by atoms with Gasteiger partial charge in [0.1, 0.15) is 0 Å². The quantitative estimate of drug-likeness (QED) is 0.833. The number of nitrogens with one attached hydrogen (secondary N) is 2. The molecule has 0 unspecified atom stereocenters. The standard InChI is InChI=1S/C14H20F2N2O/c1-4-14(2,3)18-13(19)9-17-8-10-5-6-11(15)12(16)7-10/h5-7,17H,4,8-9H2,1-3H3,(H,18,19). The van der Waals surface area contributed by atoms with Gasteiger partial charge >= 0.3 is 0 Å². The van der Waals surface area contributed by atoms with Crippen molar-refractivity contribution < 1.29 is 13.6 Å². The van der Waals surface area contributed by atoms with Crippen molar-refractivity contribution in [3.05, 3.63) is 35.4 Å². The van der Waals surface area contributed by atoms with Crippen molar-refractivity contribution in [2.75, 3.05) is 6.54 Å². The van der Waals surface area contributed by atoms with E-state index in [-0.39, 0.29) is 18.0 Å². The van der Waals surface area contributed by atoms with Gasteiger partial charge in [0.05, 0.1) is 6.54 Å². The van der Waals surface area contributed by atoms with Gasteiger partial charge in [0.2, 0.25) is 5.91 Å². The lowest BCUT2D eigenvalue weighted by Crippen LogP contribution is -2.46.